The minimum Gasteiger partial charge on any atom is -0.389 e. The van der Waals surface area contributed by atoms with Crippen LogP contribution in [0.4, 0.5) is 0 Å². The van der Waals surface area contributed by atoms with Gasteiger partial charge >= 0.3 is 0 Å². The molecule has 21 heavy (non-hydrogen) atoms. The molecule has 4 nitrogen and oxygen atoms in total. The summed E-state index contributed by atoms with van der Waals surface area (Å²) in [6, 6.07) is 8.41. The number of β-amino-alcohol motifs (C(OH)–C–C–N with tert-alkyl or cyclic N) is 1. The fourth-order valence-electron chi connectivity index (χ4n) is 3.01. The smallest absolute Gasteiger partial charge is 0.107 e. The highest BCUT2D eigenvalue weighted by molar-refractivity contribution is 5.84. The number of aliphatic hydroxyl groups excluding tert-OH is 1. The maximum absolute atomic E-state index is 9.97. The zero-order chi connectivity index (χ0) is 14.7. The van der Waals surface area contributed by atoms with Crippen LogP contribution in [0.3, 0.4) is 0 Å². The van der Waals surface area contributed by atoms with E-state index in [-0.39, 0.29) is 6.61 Å². The molecule has 0 fully saturated rings. The van der Waals surface area contributed by atoms with Crippen molar-refractivity contribution in [3.8, 4) is 12.3 Å². The summed E-state index contributed by atoms with van der Waals surface area (Å²) in [5.41, 5.74) is 3.88. The van der Waals surface area contributed by atoms with Crippen LogP contribution in [-0.2, 0) is 17.7 Å². The molecule has 110 valence electrons. The number of aromatic amines is 1. The Kier molecular flexibility index (Phi) is 4.26. The Bertz CT molecular complexity index is 656. The molecule has 1 aliphatic heterocycles. The van der Waals surface area contributed by atoms with Crippen molar-refractivity contribution in [2.24, 2.45) is 0 Å². The Morgan fingerprint density at radius 2 is 2.29 bits per heavy atom. The van der Waals surface area contributed by atoms with Gasteiger partial charge in [-0.2, -0.15) is 0 Å². The van der Waals surface area contributed by atoms with E-state index in [1.165, 1.54) is 22.2 Å². The van der Waals surface area contributed by atoms with Gasteiger partial charge in [0.15, 0.2) is 0 Å². The number of H-pyrrole nitrogens is 1. The summed E-state index contributed by atoms with van der Waals surface area (Å²) in [5, 5.41) is 11.3. The predicted octanol–water partition coefficient (Wildman–Crippen LogP) is 1.54. The lowest BCUT2D eigenvalue weighted by atomic mass is 10.0. The van der Waals surface area contributed by atoms with Crippen molar-refractivity contribution in [2.75, 3.05) is 26.3 Å². The molecular formula is C17H20N2O2. The molecule has 0 saturated heterocycles. The Labute approximate surface area is 124 Å². The van der Waals surface area contributed by atoms with Crippen molar-refractivity contribution in [3.63, 3.8) is 0 Å². The van der Waals surface area contributed by atoms with E-state index in [1.54, 1.807) is 0 Å². The standard InChI is InChI=1S/C17H20N2O2/c1-2-9-21-12-13(20)10-19-8-7-15-14-5-3-4-6-16(14)18-17(15)11-19/h1,3-6,13,18,20H,7-12H2. The van der Waals surface area contributed by atoms with Crippen LogP contribution in [0.2, 0.25) is 0 Å². The highest BCUT2D eigenvalue weighted by Crippen LogP contribution is 2.27. The summed E-state index contributed by atoms with van der Waals surface area (Å²) in [6.07, 6.45) is 5.63. The van der Waals surface area contributed by atoms with Crippen molar-refractivity contribution < 1.29 is 9.84 Å². The van der Waals surface area contributed by atoms with E-state index in [2.05, 4.69) is 40.1 Å². The molecule has 2 heterocycles. The molecule has 4 heteroatoms. The molecule has 0 radical (unpaired) electrons. The van der Waals surface area contributed by atoms with Gasteiger partial charge in [0, 0.05) is 36.2 Å². The van der Waals surface area contributed by atoms with Crippen LogP contribution < -0.4 is 0 Å². The van der Waals surface area contributed by atoms with Gasteiger partial charge in [-0.1, -0.05) is 24.1 Å². The predicted molar refractivity (Wildman–Crippen MR) is 82.9 cm³/mol. The molecule has 0 saturated carbocycles. The summed E-state index contributed by atoms with van der Waals surface area (Å²) in [4.78, 5) is 5.74. The number of aliphatic hydroxyl groups is 1. The monoisotopic (exact) mass is 284 g/mol. The van der Waals surface area contributed by atoms with E-state index in [0.29, 0.717) is 13.2 Å². The summed E-state index contributed by atoms with van der Waals surface area (Å²) >= 11 is 0. The molecule has 2 aromatic rings. The largest absolute Gasteiger partial charge is 0.389 e. The zero-order valence-corrected chi connectivity index (χ0v) is 12.0. The summed E-state index contributed by atoms with van der Waals surface area (Å²) < 4.78 is 5.18. The maximum atomic E-state index is 9.97. The third-order valence-electron chi connectivity index (χ3n) is 3.93. The quantitative estimate of drug-likeness (QED) is 0.647. The second-order valence-corrected chi connectivity index (χ2v) is 5.49. The second-order valence-electron chi connectivity index (χ2n) is 5.49. The van der Waals surface area contributed by atoms with Gasteiger partial charge in [0.25, 0.3) is 0 Å². The van der Waals surface area contributed by atoms with E-state index in [0.717, 1.165) is 19.5 Å². The Balaban J connectivity index is 1.63. The molecule has 1 aromatic carbocycles. The first kappa shape index (κ1) is 14.2. The molecule has 0 bridgehead atoms. The summed E-state index contributed by atoms with van der Waals surface area (Å²) in [6.45, 7) is 2.96. The maximum Gasteiger partial charge on any atom is 0.107 e. The van der Waals surface area contributed by atoms with Crippen molar-refractivity contribution in [2.45, 2.75) is 19.1 Å². The van der Waals surface area contributed by atoms with Crippen molar-refractivity contribution in [3.05, 3.63) is 35.5 Å². The lowest BCUT2D eigenvalue weighted by molar-refractivity contribution is 0.0248. The number of benzene rings is 1. The van der Waals surface area contributed by atoms with Crippen LogP contribution in [-0.4, -0.2) is 47.4 Å². The van der Waals surface area contributed by atoms with Gasteiger partial charge in [0.05, 0.1) is 12.7 Å². The Morgan fingerprint density at radius 3 is 3.14 bits per heavy atom. The van der Waals surface area contributed by atoms with Crippen LogP contribution in [0.15, 0.2) is 24.3 Å². The SMILES string of the molecule is C#CCOCC(O)CN1CCc2c([nH]c3ccccc23)C1. The van der Waals surface area contributed by atoms with E-state index >= 15 is 0 Å². The average molecular weight is 284 g/mol. The topological polar surface area (TPSA) is 48.5 Å². The molecular weight excluding hydrogens is 264 g/mol. The average Bonchev–Trinajstić information content (AvgIpc) is 2.85. The van der Waals surface area contributed by atoms with E-state index in [1.807, 2.05) is 0 Å². The first-order valence-electron chi connectivity index (χ1n) is 7.28. The first-order valence-corrected chi connectivity index (χ1v) is 7.28. The van der Waals surface area contributed by atoms with Crippen LogP contribution >= 0.6 is 0 Å². The molecule has 2 N–H and O–H groups in total. The molecule has 3 rings (SSSR count). The fraction of sp³-hybridized carbons (Fsp3) is 0.412. The highest BCUT2D eigenvalue weighted by Gasteiger charge is 2.21. The minimum atomic E-state index is -0.496. The Morgan fingerprint density at radius 1 is 1.43 bits per heavy atom. The van der Waals surface area contributed by atoms with Gasteiger partial charge in [-0.15, -0.1) is 6.42 Å². The number of hydrogen-bond acceptors (Lipinski definition) is 3. The normalized spacial score (nSPS) is 16.6. The number of terminal acetylenes is 1. The number of nitrogens with one attached hydrogen (secondary N) is 1. The molecule has 1 aromatic heterocycles. The first-order chi connectivity index (χ1) is 10.3. The number of rotatable bonds is 5. The van der Waals surface area contributed by atoms with Crippen LogP contribution in [0.1, 0.15) is 11.3 Å². The number of fused-ring (bicyclic) bond motifs is 3. The number of nitrogens with zero attached hydrogens (tertiary/aromatic N) is 1. The molecule has 0 amide bonds. The van der Waals surface area contributed by atoms with Crippen molar-refractivity contribution in [1.82, 2.24) is 9.88 Å². The number of ether oxygens (including phenoxy) is 1. The van der Waals surface area contributed by atoms with Crippen LogP contribution in [0.5, 0.6) is 0 Å². The van der Waals surface area contributed by atoms with Gasteiger partial charge in [-0.25, -0.2) is 0 Å². The Hall–Kier alpha value is -1.80. The lowest BCUT2D eigenvalue weighted by Crippen LogP contribution is -2.38. The minimum absolute atomic E-state index is 0.253. The summed E-state index contributed by atoms with van der Waals surface area (Å²) in [5.74, 6) is 2.40. The number of hydrogen-bond donors (Lipinski definition) is 2. The molecule has 1 aliphatic rings. The van der Waals surface area contributed by atoms with Gasteiger partial charge in [0.2, 0.25) is 0 Å². The van der Waals surface area contributed by atoms with Crippen molar-refractivity contribution in [1.29, 1.82) is 0 Å². The molecule has 1 atom stereocenters. The highest BCUT2D eigenvalue weighted by atomic mass is 16.5. The van der Waals surface area contributed by atoms with E-state index in [4.69, 9.17) is 11.2 Å². The van der Waals surface area contributed by atoms with Crippen LogP contribution in [0, 0.1) is 12.3 Å². The van der Waals surface area contributed by atoms with Gasteiger partial charge in [0.1, 0.15) is 6.61 Å². The van der Waals surface area contributed by atoms with Gasteiger partial charge in [-0.05, 0) is 18.1 Å². The molecule has 1 unspecified atom stereocenters. The summed E-state index contributed by atoms with van der Waals surface area (Å²) in [7, 11) is 0. The van der Waals surface area contributed by atoms with Gasteiger partial charge < -0.3 is 14.8 Å². The van der Waals surface area contributed by atoms with Gasteiger partial charge in [-0.3, -0.25) is 4.90 Å². The molecule has 0 spiro atoms. The fourth-order valence-corrected chi connectivity index (χ4v) is 3.01. The van der Waals surface area contributed by atoms with E-state index < -0.39 is 6.10 Å². The lowest BCUT2D eigenvalue weighted by Gasteiger charge is -2.28. The van der Waals surface area contributed by atoms with Crippen molar-refractivity contribution >= 4 is 10.9 Å². The zero-order valence-electron chi connectivity index (χ0n) is 12.0. The second kappa shape index (κ2) is 6.31. The number of aromatic nitrogens is 1. The third kappa shape index (κ3) is 3.11. The molecule has 0 aliphatic carbocycles. The van der Waals surface area contributed by atoms with Crippen LogP contribution in [0.25, 0.3) is 10.9 Å². The number of para-hydroxylation sites is 1. The third-order valence-corrected chi connectivity index (χ3v) is 3.93. The van der Waals surface area contributed by atoms with E-state index in [9.17, 15) is 5.11 Å².